The molecule has 1 aromatic heterocycles. The van der Waals surface area contributed by atoms with Gasteiger partial charge in [-0.15, -0.1) is 0 Å². The number of carbonyl (C=O) groups excluding carboxylic acids is 1. The predicted molar refractivity (Wildman–Crippen MR) is 79.6 cm³/mol. The lowest BCUT2D eigenvalue weighted by atomic mass is 10.3. The highest BCUT2D eigenvalue weighted by Crippen LogP contribution is 2.23. The van der Waals surface area contributed by atoms with Gasteiger partial charge in [0.15, 0.2) is 0 Å². The first kappa shape index (κ1) is 13.4. The van der Waals surface area contributed by atoms with E-state index in [-0.39, 0.29) is 5.91 Å². The summed E-state index contributed by atoms with van der Waals surface area (Å²) in [6, 6.07) is 5.51. The Bertz CT molecular complexity index is 542. The molecule has 2 rings (SSSR count). The SMILES string of the molecule is O=C(CCn1ccnc1)Nc1cc(I)ccc1Cl. The van der Waals surface area contributed by atoms with Crippen molar-refractivity contribution in [2.45, 2.75) is 13.0 Å². The first-order valence-corrected chi connectivity index (χ1v) is 6.81. The molecule has 0 aliphatic rings. The van der Waals surface area contributed by atoms with Gasteiger partial charge in [0.1, 0.15) is 0 Å². The molecule has 0 aliphatic heterocycles. The molecule has 94 valence electrons. The van der Waals surface area contributed by atoms with E-state index in [1.165, 1.54) is 0 Å². The van der Waals surface area contributed by atoms with Crippen molar-refractivity contribution in [2.24, 2.45) is 0 Å². The number of rotatable bonds is 4. The fourth-order valence-electron chi connectivity index (χ4n) is 1.46. The molecule has 0 aliphatic carbocycles. The lowest BCUT2D eigenvalue weighted by molar-refractivity contribution is -0.116. The van der Waals surface area contributed by atoms with Crippen LogP contribution >= 0.6 is 34.2 Å². The van der Waals surface area contributed by atoms with Crippen molar-refractivity contribution < 1.29 is 4.79 Å². The van der Waals surface area contributed by atoms with Gasteiger partial charge in [-0.2, -0.15) is 0 Å². The number of aryl methyl sites for hydroxylation is 1. The highest BCUT2D eigenvalue weighted by Gasteiger charge is 2.06. The van der Waals surface area contributed by atoms with Gasteiger partial charge < -0.3 is 9.88 Å². The lowest BCUT2D eigenvalue weighted by Crippen LogP contribution is -2.14. The van der Waals surface area contributed by atoms with Crippen LogP contribution in [0.15, 0.2) is 36.9 Å². The molecule has 0 atom stereocenters. The van der Waals surface area contributed by atoms with Crippen LogP contribution in [0.25, 0.3) is 0 Å². The lowest BCUT2D eigenvalue weighted by Gasteiger charge is -2.08. The van der Waals surface area contributed by atoms with Gasteiger partial charge in [0.25, 0.3) is 0 Å². The number of nitrogens with one attached hydrogen (secondary N) is 1. The van der Waals surface area contributed by atoms with Crippen LogP contribution in [0.1, 0.15) is 6.42 Å². The van der Waals surface area contributed by atoms with E-state index < -0.39 is 0 Å². The second-order valence-electron chi connectivity index (χ2n) is 3.72. The Labute approximate surface area is 123 Å². The van der Waals surface area contributed by atoms with Gasteiger partial charge in [0.05, 0.1) is 17.0 Å². The smallest absolute Gasteiger partial charge is 0.226 e. The van der Waals surface area contributed by atoms with E-state index in [9.17, 15) is 4.79 Å². The fraction of sp³-hybridized carbons (Fsp3) is 0.167. The van der Waals surface area contributed by atoms with Gasteiger partial charge in [-0.05, 0) is 40.8 Å². The maximum atomic E-state index is 11.8. The molecule has 1 N–H and O–H groups in total. The maximum Gasteiger partial charge on any atom is 0.226 e. The van der Waals surface area contributed by atoms with E-state index in [4.69, 9.17) is 11.6 Å². The molecule has 0 bridgehead atoms. The second kappa shape index (κ2) is 6.19. The summed E-state index contributed by atoms with van der Waals surface area (Å²) < 4.78 is 2.89. The zero-order valence-corrected chi connectivity index (χ0v) is 12.4. The standard InChI is InChI=1S/C12H11ClIN3O/c13-10-2-1-9(14)7-11(10)16-12(18)3-5-17-6-4-15-8-17/h1-2,4,6-8H,3,5H2,(H,16,18). The van der Waals surface area contributed by atoms with Gasteiger partial charge in [-0.1, -0.05) is 11.6 Å². The first-order chi connectivity index (χ1) is 8.65. The van der Waals surface area contributed by atoms with Crippen molar-refractivity contribution >= 4 is 45.8 Å². The fourth-order valence-corrected chi connectivity index (χ4v) is 2.11. The molecule has 1 amide bonds. The minimum atomic E-state index is -0.0624. The number of aromatic nitrogens is 2. The number of anilines is 1. The van der Waals surface area contributed by atoms with Gasteiger partial charge in [-0.25, -0.2) is 4.98 Å². The van der Waals surface area contributed by atoms with Crippen molar-refractivity contribution in [3.63, 3.8) is 0 Å². The van der Waals surface area contributed by atoms with Crippen molar-refractivity contribution in [1.29, 1.82) is 0 Å². The number of amides is 1. The van der Waals surface area contributed by atoms with E-state index >= 15 is 0 Å². The Morgan fingerprint density at radius 1 is 1.50 bits per heavy atom. The van der Waals surface area contributed by atoms with Crippen LogP contribution in [-0.4, -0.2) is 15.5 Å². The molecule has 0 unspecified atom stereocenters. The Morgan fingerprint density at radius 3 is 3.06 bits per heavy atom. The van der Waals surface area contributed by atoms with Crippen LogP contribution in [-0.2, 0) is 11.3 Å². The van der Waals surface area contributed by atoms with Gasteiger partial charge in [0.2, 0.25) is 5.91 Å². The summed E-state index contributed by atoms with van der Waals surface area (Å²) in [5, 5.41) is 3.35. The molecule has 4 nitrogen and oxygen atoms in total. The van der Waals surface area contributed by atoms with Gasteiger partial charge in [0, 0.05) is 28.9 Å². The summed E-state index contributed by atoms with van der Waals surface area (Å²) in [6.07, 6.45) is 5.59. The minimum Gasteiger partial charge on any atom is -0.337 e. The van der Waals surface area contributed by atoms with E-state index in [1.807, 2.05) is 22.9 Å². The largest absolute Gasteiger partial charge is 0.337 e. The molecule has 2 aromatic rings. The third-order valence-electron chi connectivity index (χ3n) is 2.36. The van der Waals surface area contributed by atoms with Crippen LogP contribution in [0.2, 0.25) is 5.02 Å². The van der Waals surface area contributed by atoms with E-state index in [1.54, 1.807) is 18.6 Å². The van der Waals surface area contributed by atoms with E-state index in [0.717, 1.165) is 3.57 Å². The van der Waals surface area contributed by atoms with Crippen LogP contribution in [0.5, 0.6) is 0 Å². The normalized spacial score (nSPS) is 10.3. The molecular formula is C12H11ClIN3O. The average molecular weight is 376 g/mol. The topological polar surface area (TPSA) is 46.9 Å². The summed E-state index contributed by atoms with van der Waals surface area (Å²) in [6.45, 7) is 0.605. The zero-order valence-electron chi connectivity index (χ0n) is 9.44. The zero-order chi connectivity index (χ0) is 13.0. The van der Waals surface area contributed by atoms with Crippen LogP contribution in [0, 0.1) is 3.57 Å². The first-order valence-electron chi connectivity index (χ1n) is 5.36. The summed E-state index contributed by atoms with van der Waals surface area (Å²) in [5.41, 5.74) is 0.652. The van der Waals surface area contributed by atoms with Crippen molar-refractivity contribution in [2.75, 3.05) is 5.32 Å². The number of nitrogens with zero attached hydrogens (tertiary/aromatic N) is 2. The molecule has 0 saturated heterocycles. The molecule has 1 aromatic carbocycles. The molecule has 0 saturated carbocycles. The number of carbonyl (C=O) groups is 1. The Hall–Kier alpha value is -1.08. The Morgan fingerprint density at radius 2 is 2.33 bits per heavy atom. The monoisotopic (exact) mass is 375 g/mol. The number of imidazole rings is 1. The average Bonchev–Trinajstić information content (AvgIpc) is 2.84. The molecule has 0 radical (unpaired) electrons. The highest BCUT2D eigenvalue weighted by atomic mass is 127. The van der Waals surface area contributed by atoms with E-state index in [0.29, 0.717) is 23.7 Å². The summed E-state index contributed by atoms with van der Waals surface area (Å²) in [4.78, 5) is 15.7. The maximum absolute atomic E-state index is 11.8. The highest BCUT2D eigenvalue weighted by molar-refractivity contribution is 14.1. The second-order valence-corrected chi connectivity index (χ2v) is 5.38. The molecule has 1 heterocycles. The summed E-state index contributed by atoms with van der Waals surface area (Å²) >= 11 is 8.18. The molecule has 0 fully saturated rings. The molecule has 18 heavy (non-hydrogen) atoms. The van der Waals surface area contributed by atoms with Crippen molar-refractivity contribution in [3.8, 4) is 0 Å². The summed E-state index contributed by atoms with van der Waals surface area (Å²) in [5.74, 6) is -0.0624. The van der Waals surface area contributed by atoms with Crippen LogP contribution < -0.4 is 5.32 Å². The predicted octanol–water partition coefficient (Wildman–Crippen LogP) is 3.17. The van der Waals surface area contributed by atoms with Crippen LogP contribution in [0.3, 0.4) is 0 Å². The molecular weight excluding hydrogens is 365 g/mol. The number of halogens is 2. The number of hydrogen-bond acceptors (Lipinski definition) is 2. The quantitative estimate of drug-likeness (QED) is 0.835. The summed E-state index contributed by atoms with van der Waals surface area (Å²) in [7, 11) is 0. The molecule has 6 heteroatoms. The van der Waals surface area contributed by atoms with E-state index in [2.05, 4.69) is 32.9 Å². The minimum absolute atomic E-state index is 0.0624. The third kappa shape index (κ3) is 3.71. The molecule has 0 spiro atoms. The van der Waals surface area contributed by atoms with Crippen molar-refractivity contribution in [3.05, 3.63) is 45.5 Å². The third-order valence-corrected chi connectivity index (χ3v) is 3.36. The Kier molecular flexibility index (Phi) is 4.60. The number of hydrogen-bond donors (Lipinski definition) is 1. The number of benzene rings is 1. The Balaban J connectivity index is 1.92. The van der Waals surface area contributed by atoms with Crippen LogP contribution in [0.4, 0.5) is 5.69 Å². The van der Waals surface area contributed by atoms with Gasteiger partial charge in [-0.3, -0.25) is 4.79 Å². The van der Waals surface area contributed by atoms with Gasteiger partial charge >= 0.3 is 0 Å². The van der Waals surface area contributed by atoms with Crippen molar-refractivity contribution in [1.82, 2.24) is 9.55 Å².